The van der Waals surface area contributed by atoms with Crippen molar-refractivity contribution in [2.24, 2.45) is 52.3 Å². The summed E-state index contributed by atoms with van der Waals surface area (Å²) < 4.78 is 0. The molecule has 0 N–H and O–H groups in total. The smallest absolute Gasteiger partial charge is 0.0196 e. The van der Waals surface area contributed by atoms with Crippen molar-refractivity contribution in [3.63, 3.8) is 0 Å². The summed E-state index contributed by atoms with van der Waals surface area (Å²) in [6.45, 7) is 12.6. The van der Waals surface area contributed by atoms with E-state index in [1.54, 1.807) is 6.42 Å². The fourth-order valence-electron chi connectivity index (χ4n) is 7.84. The molecule has 8 unspecified atom stereocenters. The maximum absolute atomic E-state index is 2.70. The maximum atomic E-state index is 2.70. The van der Waals surface area contributed by atoms with Crippen LogP contribution in [-0.2, 0) is 0 Å². The van der Waals surface area contributed by atoms with E-state index in [4.69, 9.17) is 0 Å². The van der Waals surface area contributed by atoms with Crippen molar-refractivity contribution in [3.05, 3.63) is 0 Å². The molecule has 0 nitrogen and oxygen atoms in total. The van der Waals surface area contributed by atoms with E-state index >= 15 is 0 Å². The highest BCUT2D eigenvalue weighted by Crippen LogP contribution is 2.93. The molecule has 4 aliphatic rings. The largest absolute Gasteiger partial charge is 0.0651 e. The minimum absolute atomic E-state index is 0.759. The molecule has 0 saturated heterocycles. The van der Waals surface area contributed by atoms with Crippen LogP contribution in [0.5, 0.6) is 0 Å². The monoisotopic (exact) mass is 246 g/mol. The molecule has 0 aromatic heterocycles. The Kier molecular flexibility index (Phi) is 2.08. The molecule has 0 heterocycles. The van der Waals surface area contributed by atoms with Crippen LogP contribution in [0.25, 0.3) is 0 Å². The molecule has 8 atom stereocenters. The van der Waals surface area contributed by atoms with Gasteiger partial charge < -0.3 is 0 Å². The fraction of sp³-hybridized carbons (Fsp3) is 1.00. The lowest BCUT2D eigenvalue weighted by Gasteiger charge is -2.38. The highest BCUT2D eigenvalue weighted by atomic mass is 14.9. The molecule has 0 aromatic carbocycles. The molecule has 4 aliphatic carbocycles. The predicted molar refractivity (Wildman–Crippen MR) is 76.1 cm³/mol. The topological polar surface area (TPSA) is 0 Å². The summed E-state index contributed by atoms with van der Waals surface area (Å²) in [5.74, 6) is 7.82. The van der Waals surface area contributed by atoms with E-state index in [9.17, 15) is 0 Å². The zero-order valence-corrected chi connectivity index (χ0v) is 12.9. The van der Waals surface area contributed by atoms with E-state index in [0.717, 1.165) is 46.3 Å². The third kappa shape index (κ3) is 0.907. The van der Waals surface area contributed by atoms with Crippen LogP contribution in [-0.4, -0.2) is 0 Å². The number of rotatable bonds is 4. The first kappa shape index (κ1) is 11.8. The molecule has 4 rings (SSSR count). The van der Waals surface area contributed by atoms with Gasteiger partial charge in [-0.25, -0.2) is 0 Å². The Labute approximate surface area is 113 Å². The predicted octanol–water partition coefficient (Wildman–Crippen LogP) is 4.99. The minimum atomic E-state index is 0.759. The summed E-state index contributed by atoms with van der Waals surface area (Å²) >= 11 is 0. The third-order valence-electron chi connectivity index (χ3n) is 8.56. The Morgan fingerprint density at radius 3 is 2.33 bits per heavy atom. The van der Waals surface area contributed by atoms with Gasteiger partial charge in [0.2, 0.25) is 0 Å². The second-order valence-corrected chi connectivity index (χ2v) is 8.25. The summed E-state index contributed by atoms with van der Waals surface area (Å²) in [5.41, 5.74) is 1.54. The molecule has 0 spiro atoms. The maximum Gasteiger partial charge on any atom is -0.0196 e. The van der Waals surface area contributed by atoms with Gasteiger partial charge in [-0.2, -0.15) is 0 Å². The zero-order chi connectivity index (χ0) is 12.9. The van der Waals surface area contributed by atoms with Gasteiger partial charge in [0, 0.05) is 0 Å². The SMILES string of the molecule is CCC(CC)C1C2(CC)CC3C4C(C)C4C3C12C. The highest BCUT2D eigenvalue weighted by Gasteiger charge is 2.89. The molecule has 4 fully saturated rings. The van der Waals surface area contributed by atoms with Gasteiger partial charge >= 0.3 is 0 Å². The van der Waals surface area contributed by atoms with Crippen molar-refractivity contribution in [1.82, 2.24) is 0 Å². The summed E-state index contributed by atoms with van der Waals surface area (Å²) in [7, 11) is 0. The number of hydrogen-bond donors (Lipinski definition) is 0. The molecule has 102 valence electrons. The summed E-state index contributed by atoms with van der Waals surface area (Å²) in [6, 6.07) is 0. The van der Waals surface area contributed by atoms with Gasteiger partial charge in [0.25, 0.3) is 0 Å². The standard InChI is InChI=1S/C18H30/c1-6-11(7-2)16-17(5)15-12(9-18(16,17)8-3)13-10(4)14(13)15/h10-16H,6-9H2,1-5H3. The molecule has 0 aromatic rings. The van der Waals surface area contributed by atoms with Crippen LogP contribution in [0.1, 0.15) is 60.3 Å². The molecule has 0 heteroatoms. The average Bonchev–Trinajstić information content (AvgIpc) is 3.06. The Morgan fingerprint density at radius 1 is 1.11 bits per heavy atom. The zero-order valence-electron chi connectivity index (χ0n) is 12.9. The van der Waals surface area contributed by atoms with E-state index in [2.05, 4.69) is 34.6 Å². The van der Waals surface area contributed by atoms with E-state index in [-0.39, 0.29) is 0 Å². The molecule has 0 amide bonds. The Bertz CT molecular complexity index is 381. The number of fused-ring (bicyclic) bond motifs is 6. The Morgan fingerprint density at radius 2 is 1.78 bits per heavy atom. The van der Waals surface area contributed by atoms with Gasteiger partial charge in [0.15, 0.2) is 0 Å². The second-order valence-electron chi connectivity index (χ2n) is 8.25. The van der Waals surface area contributed by atoms with E-state index < -0.39 is 0 Å². The Balaban J connectivity index is 1.66. The van der Waals surface area contributed by atoms with Gasteiger partial charge in [0.05, 0.1) is 0 Å². The van der Waals surface area contributed by atoms with Crippen LogP contribution in [0.2, 0.25) is 0 Å². The minimum Gasteiger partial charge on any atom is -0.0651 e. The van der Waals surface area contributed by atoms with Crippen molar-refractivity contribution in [1.29, 1.82) is 0 Å². The first-order valence-electron chi connectivity index (χ1n) is 8.58. The van der Waals surface area contributed by atoms with Gasteiger partial charge in [-0.1, -0.05) is 47.5 Å². The summed E-state index contributed by atoms with van der Waals surface area (Å²) in [6.07, 6.45) is 5.90. The third-order valence-corrected chi connectivity index (χ3v) is 8.56. The molecule has 0 bridgehead atoms. The summed E-state index contributed by atoms with van der Waals surface area (Å²) in [4.78, 5) is 0. The van der Waals surface area contributed by atoms with E-state index in [1.165, 1.54) is 25.2 Å². The average molecular weight is 246 g/mol. The van der Waals surface area contributed by atoms with Gasteiger partial charge in [-0.15, -0.1) is 0 Å². The van der Waals surface area contributed by atoms with Crippen molar-refractivity contribution in [2.75, 3.05) is 0 Å². The lowest BCUT2D eigenvalue weighted by molar-refractivity contribution is 0.0868. The highest BCUT2D eigenvalue weighted by molar-refractivity contribution is 5.36. The van der Waals surface area contributed by atoms with Crippen LogP contribution >= 0.6 is 0 Å². The van der Waals surface area contributed by atoms with Crippen molar-refractivity contribution < 1.29 is 0 Å². The van der Waals surface area contributed by atoms with Gasteiger partial charge in [-0.3, -0.25) is 0 Å². The summed E-state index contributed by atoms with van der Waals surface area (Å²) in [5, 5.41) is 0. The molecule has 4 saturated carbocycles. The molecule has 18 heavy (non-hydrogen) atoms. The van der Waals surface area contributed by atoms with Crippen LogP contribution in [0.3, 0.4) is 0 Å². The van der Waals surface area contributed by atoms with E-state index in [0.29, 0.717) is 0 Å². The molecular weight excluding hydrogens is 216 g/mol. The quantitative estimate of drug-likeness (QED) is 0.656. The molecule has 0 aliphatic heterocycles. The normalized spacial score (nSPS) is 63.0. The fourth-order valence-corrected chi connectivity index (χ4v) is 7.84. The van der Waals surface area contributed by atoms with Gasteiger partial charge in [0.1, 0.15) is 0 Å². The van der Waals surface area contributed by atoms with Crippen LogP contribution in [0.4, 0.5) is 0 Å². The lowest BCUT2D eigenvalue weighted by atomic mass is 9.66. The molecular formula is C18H30. The van der Waals surface area contributed by atoms with Gasteiger partial charge in [-0.05, 0) is 65.1 Å². The van der Waals surface area contributed by atoms with Crippen LogP contribution in [0, 0.1) is 52.3 Å². The Hall–Kier alpha value is 0. The van der Waals surface area contributed by atoms with Crippen LogP contribution in [0.15, 0.2) is 0 Å². The number of hydrogen-bond acceptors (Lipinski definition) is 0. The van der Waals surface area contributed by atoms with Crippen LogP contribution < -0.4 is 0 Å². The lowest BCUT2D eigenvalue weighted by Crippen LogP contribution is -2.34. The second kappa shape index (κ2) is 3.18. The first-order valence-corrected chi connectivity index (χ1v) is 8.58. The first-order chi connectivity index (χ1) is 8.58. The van der Waals surface area contributed by atoms with Crippen molar-refractivity contribution in [2.45, 2.75) is 60.3 Å². The van der Waals surface area contributed by atoms with Crippen molar-refractivity contribution in [3.8, 4) is 0 Å². The molecule has 0 radical (unpaired) electrons. The van der Waals surface area contributed by atoms with Crippen molar-refractivity contribution >= 4 is 0 Å². The van der Waals surface area contributed by atoms with E-state index in [1.807, 2.05) is 0 Å².